The van der Waals surface area contributed by atoms with Gasteiger partial charge in [-0.05, 0) is 48.3 Å². The average Bonchev–Trinajstić information content (AvgIpc) is 3.41. The Kier molecular flexibility index (Phi) is 6.93. The van der Waals surface area contributed by atoms with Crippen LogP contribution in [0, 0.1) is 0 Å². The standard InChI is InChI=1S/C27H32N2O5/c1-5-28(6-2)13-14-29-24(19-9-7-18(8-10-19)17(3)4)23(26(31)27(29)32)25(30)20-11-12-21-22(15-20)34-16-33-21/h7-12,15,17,24,30H,5-6,13-14,16H2,1-4H3/b25-23+. The van der Waals surface area contributed by atoms with Gasteiger partial charge in [0.2, 0.25) is 6.79 Å². The first-order valence-electron chi connectivity index (χ1n) is 11.9. The topological polar surface area (TPSA) is 79.3 Å². The van der Waals surface area contributed by atoms with Gasteiger partial charge in [-0.15, -0.1) is 0 Å². The van der Waals surface area contributed by atoms with Crippen molar-refractivity contribution in [3.63, 3.8) is 0 Å². The minimum absolute atomic E-state index is 0.0979. The smallest absolute Gasteiger partial charge is 0.295 e. The van der Waals surface area contributed by atoms with Crippen molar-refractivity contribution >= 4 is 17.4 Å². The fourth-order valence-corrected chi connectivity index (χ4v) is 4.51. The van der Waals surface area contributed by atoms with Crippen LogP contribution in [0.15, 0.2) is 48.0 Å². The van der Waals surface area contributed by atoms with Crippen LogP contribution in [-0.4, -0.2) is 59.6 Å². The Morgan fingerprint density at radius 1 is 1.06 bits per heavy atom. The summed E-state index contributed by atoms with van der Waals surface area (Å²) in [6, 6.07) is 12.3. The molecule has 1 amide bonds. The highest BCUT2D eigenvalue weighted by atomic mass is 16.7. The molecule has 0 aromatic heterocycles. The summed E-state index contributed by atoms with van der Waals surface area (Å²) in [6.45, 7) is 11.2. The molecule has 1 atom stereocenters. The highest BCUT2D eigenvalue weighted by Gasteiger charge is 2.46. The van der Waals surface area contributed by atoms with Gasteiger partial charge in [-0.1, -0.05) is 52.0 Å². The number of fused-ring (bicyclic) bond motifs is 1. The predicted octanol–water partition coefficient (Wildman–Crippen LogP) is 4.30. The van der Waals surface area contributed by atoms with Crippen LogP contribution in [0.25, 0.3) is 5.76 Å². The van der Waals surface area contributed by atoms with E-state index in [1.165, 1.54) is 5.56 Å². The maximum atomic E-state index is 13.2. The van der Waals surface area contributed by atoms with Gasteiger partial charge in [0.15, 0.2) is 11.5 Å². The Hall–Kier alpha value is -3.32. The fraction of sp³-hybridized carbons (Fsp3) is 0.407. The molecule has 7 heteroatoms. The summed E-state index contributed by atoms with van der Waals surface area (Å²) in [5.41, 5.74) is 2.47. The van der Waals surface area contributed by atoms with Crippen LogP contribution in [0.5, 0.6) is 11.5 Å². The molecule has 4 rings (SSSR count). The minimum atomic E-state index is -0.673. The number of ketones is 1. The summed E-state index contributed by atoms with van der Waals surface area (Å²) in [7, 11) is 0. The molecule has 180 valence electrons. The molecular formula is C27H32N2O5. The number of ether oxygens (including phenoxy) is 2. The second-order valence-corrected chi connectivity index (χ2v) is 8.91. The molecule has 2 aliphatic rings. The number of carbonyl (C=O) groups excluding carboxylic acids is 2. The van der Waals surface area contributed by atoms with E-state index in [0.29, 0.717) is 36.1 Å². The highest BCUT2D eigenvalue weighted by molar-refractivity contribution is 6.46. The number of likely N-dealkylation sites (tertiary alicyclic amines) is 1. The number of hydrogen-bond acceptors (Lipinski definition) is 6. The van der Waals surface area contributed by atoms with Crippen LogP contribution in [0.4, 0.5) is 0 Å². The number of Topliss-reactive ketones (excluding diaryl/α,β-unsaturated/α-hetero) is 1. The zero-order valence-corrected chi connectivity index (χ0v) is 20.2. The summed E-state index contributed by atoms with van der Waals surface area (Å²) in [5, 5.41) is 11.3. The van der Waals surface area contributed by atoms with E-state index in [1.54, 1.807) is 23.1 Å². The van der Waals surface area contributed by atoms with Gasteiger partial charge in [0, 0.05) is 18.7 Å². The van der Waals surface area contributed by atoms with Crippen molar-refractivity contribution in [1.29, 1.82) is 0 Å². The minimum Gasteiger partial charge on any atom is -0.507 e. The van der Waals surface area contributed by atoms with Crippen molar-refractivity contribution in [1.82, 2.24) is 9.80 Å². The van der Waals surface area contributed by atoms with E-state index in [1.807, 2.05) is 24.3 Å². The molecule has 1 N–H and O–H groups in total. The zero-order valence-electron chi connectivity index (χ0n) is 20.2. The maximum Gasteiger partial charge on any atom is 0.295 e. The first-order valence-corrected chi connectivity index (χ1v) is 11.9. The highest BCUT2D eigenvalue weighted by Crippen LogP contribution is 2.41. The lowest BCUT2D eigenvalue weighted by Gasteiger charge is -2.28. The molecule has 0 spiro atoms. The quantitative estimate of drug-likeness (QED) is 0.356. The molecule has 34 heavy (non-hydrogen) atoms. The first-order chi connectivity index (χ1) is 16.3. The number of amides is 1. The monoisotopic (exact) mass is 464 g/mol. The average molecular weight is 465 g/mol. The Morgan fingerprint density at radius 2 is 1.74 bits per heavy atom. The van der Waals surface area contributed by atoms with Gasteiger partial charge >= 0.3 is 0 Å². The van der Waals surface area contributed by atoms with Gasteiger partial charge in [0.25, 0.3) is 11.7 Å². The van der Waals surface area contributed by atoms with Crippen molar-refractivity contribution in [3.8, 4) is 11.5 Å². The molecule has 2 aromatic carbocycles. The molecule has 2 aromatic rings. The van der Waals surface area contributed by atoms with Crippen LogP contribution < -0.4 is 9.47 Å². The van der Waals surface area contributed by atoms with E-state index in [0.717, 1.165) is 18.7 Å². The van der Waals surface area contributed by atoms with Crippen LogP contribution in [0.1, 0.15) is 56.3 Å². The summed E-state index contributed by atoms with van der Waals surface area (Å²) in [6.07, 6.45) is 0. The first kappa shape index (κ1) is 23.8. The van der Waals surface area contributed by atoms with E-state index in [4.69, 9.17) is 9.47 Å². The van der Waals surface area contributed by atoms with E-state index in [-0.39, 0.29) is 18.1 Å². The second-order valence-electron chi connectivity index (χ2n) is 8.91. The Labute approximate surface area is 200 Å². The number of nitrogens with zero attached hydrogens (tertiary/aromatic N) is 2. The summed E-state index contributed by atoms with van der Waals surface area (Å²) < 4.78 is 10.8. The molecule has 7 nitrogen and oxygen atoms in total. The SMILES string of the molecule is CCN(CC)CCN1C(=O)C(=O)/C(=C(/O)c2ccc3c(c2)OCO3)C1c1ccc(C(C)C)cc1. The largest absolute Gasteiger partial charge is 0.507 e. The van der Waals surface area contributed by atoms with Crippen molar-refractivity contribution in [2.75, 3.05) is 33.0 Å². The third-order valence-electron chi connectivity index (χ3n) is 6.66. The van der Waals surface area contributed by atoms with E-state index >= 15 is 0 Å². The number of rotatable bonds is 8. The van der Waals surface area contributed by atoms with Crippen molar-refractivity contribution in [2.45, 2.75) is 39.7 Å². The van der Waals surface area contributed by atoms with Crippen LogP contribution in [-0.2, 0) is 9.59 Å². The molecule has 0 radical (unpaired) electrons. The molecular weight excluding hydrogens is 432 g/mol. The van der Waals surface area contributed by atoms with E-state index < -0.39 is 17.7 Å². The molecule has 0 aliphatic carbocycles. The van der Waals surface area contributed by atoms with Gasteiger partial charge in [0.05, 0.1) is 11.6 Å². The maximum absolute atomic E-state index is 13.2. The molecule has 2 aliphatic heterocycles. The number of carbonyl (C=O) groups is 2. The fourth-order valence-electron chi connectivity index (χ4n) is 4.51. The van der Waals surface area contributed by atoms with Crippen molar-refractivity contribution in [2.24, 2.45) is 0 Å². The lowest BCUT2D eigenvalue weighted by Crippen LogP contribution is -2.38. The normalized spacial score (nSPS) is 19.0. The molecule has 0 bridgehead atoms. The number of hydrogen-bond donors (Lipinski definition) is 1. The number of aliphatic hydroxyl groups is 1. The van der Waals surface area contributed by atoms with Gasteiger partial charge in [0.1, 0.15) is 5.76 Å². The molecule has 1 unspecified atom stereocenters. The molecule has 0 saturated carbocycles. The third kappa shape index (κ3) is 4.40. The van der Waals surface area contributed by atoms with Crippen LogP contribution in [0.2, 0.25) is 0 Å². The van der Waals surface area contributed by atoms with E-state index in [9.17, 15) is 14.7 Å². The Balaban J connectivity index is 1.78. The molecule has 1 saturated heterocycles. The van der Waals surface area contributed by atoms with Crippen molar-refractivity contribution < 1.29 is 24.2 Å². The number of likely N-dealkylation sites (N-methyl/N-ethyl adjacent to an activating group) is 1. The third-order valence-corrected chi connectivity index (χ3v) is 6.66. The van der Waals surface area contributed by atoms with E-state index in [2.05, 4.69) is 32.6 Å². The van der Waals surface area contributed by atoms with Gasteiger partial charge in [-0.3, -0.25) is 9.59 Å². The van der Waals surface area contributed by atoms with Gasteiger partial charge in [-0.25, -0.2) is 0 Å². The van der Waals surface area contributed by atoms with Crippen LogP contribution >= 0.6 is 0 Å². The summed E-state index contributed by atoms with van der Waals surface area (Å²) in [5.74, 6) is -0.0358. The second kappa shape index (κ2) is 9.89. The predicted molar refractivity (Wildman–Crippen MR) is 130 cm³/mol. The van der Waals surface area contributed by atoms with Crippen LogP contribution in [0.3, 0.4) is 0 Å². The molecule has 2 heterocycles. The number of benzene rings is 2. The Bertz CT molecular complexity index is 1100. The Morgan fingerprint density at radius 3 is 2.38 bits per heavy atom. The summed E-state index contributed by atoms with van der Waals surface area (Å²) in [4.78, 5) is 30.2. The van der Waals surface area contributed by atoms with Gasteiger partial charge in [-0.2, -0.15) is 0 Å². The van der Waals surface area contributed by atoms with Gasteiger partial charge < -0.3 is 24.4 Å². The van der Waals surface area contributed by atoms with Crippen molar-refractivity contribution in [3.05, 3.63) is 64.7 Å². The molecule has 1 fully saturated rings. The zero-order chi connectivity index (χ0) is 24.4. The number of aliphatic hydroxyl groups excluding tert-OH is 1. The summed E-state index contributed by atoms with van der Waals surface area (Å²) >= 11 is 0. The lowest BCUT2D eigenvalue weighted by molar-refractivity contribution is -0.140. The lowest BCUT2D eigenvalue weighted by atomic mass is 9.93.